The summed E-state index contributed by atoms with van der Waals surface area (Å²) in [6, 6.07) is 15.9. The molecule has 0 bridgehead atoms. The Balaban J connectivity index is 1.84. The largest absolute Gasteiger partial charge is 0.343 e. The lowest BCUT2D eigenvalue weighted by Gasteiger charge is -2.43. The Bertz CT molecular complexity index is 888. The predicted octanol–water partition coefficient (Wildman–Crippen LogP) is 3.18. The van der Waals surface area contributed by atoms with Crippen molar-refractivity contribution in [2.75, 3.05) is 0 Å². The maximum absolute atomic E-state index is 12.8. The van der Waals surface area contributed by atoms with Crippen molar-refractivity contribution in [1.29, 1.82) is 0 Å². The van der Waals surface area contributed by atoms with Crippen LogP contribution in [0, 0.1) is 0 Å². The molecule has 138 valence electrons. The molecular weight excluding hydrogens is 348 g/mol. The highest BCUT2D eigenvalue weighted by Crippen LogP contribution is 2.41. The lowest BCUT2D eigenvalue weighted by atomic mass is 9.71. The standard InChI is InChI=1S/C20H24N2O3S/c1-15(2)22-26(24,25)18-11-6-8-16(14-18)19(23)21-20(12-7-13-20)17-9-4-3-5-10-17/h3-6,8-11,14-15,22H,7,12-13H2,1-2H3,(H,21,23). The minimum Gasteiger partial charge on any atom is -0.343 e. The summed E-state index contributed by atoms with van der Waals surface area (Å²) in [5.41, 5.74) is 1.08. The number of benzene rings is 2. The molecule has 2 N–H and O–H groups in total. The van der Waals surface area contributed by atoms with Gasteiger partial charge in [0.2, 0.25) is 10.0 Å². The molecule has 0 saturated heterocycles. The van der Waals surface area contributed by atoms with Gasteiger partial charge in [-0.2, -0.15) is 0 Å². The first-order valence-corrected chi connectivity index (χ1v) is 10.3. The van der Waals surface area contributed by atoms with Gasteiger partial charge in [-0.25, -0.2) is 13.1 Å². The van der Waals surface area contributed by atoms with Gasteiger partial charge in [0.1, 0.15) is 0 Å². The number of nitrogens with one attached hydrogen (secondary N) is 2. The number of hydrogen-bond donors (Lipinski definition) is 2. The van der Waals surface area contributed by atoms with Gasteiger partial charge < -0.3 is 5.32 Å². The average Bonchev–Trinajstić information content (AvgIpc) is 2.58. The summed E-state index contributed by atoms with van der Waals surface area (Å²) in [6.45, 7) is 3.52. The van der Waals surface area contributed by atoms with Crippen molar-refractivity contribution in [2.45, 2.75) is 49.6 Å². The molecule has 2 aromatic rings. The maximum Gasteiger partial charge on any atom is 0.252 e. The number of amides is 1. The molecule has 0 aromatic heterocycles. The monoisotopic (exact) mass is 372 g/mol. The van der Waals surface area contributed by atoms with Gasteiger partial charge in [-0.05, 0) is 56.9 Å². The van der Waals surface area contributed by atoms with Gasteiger partial charge in [0.25, 0.3) is 5.91 Å². The van der Waals surface area contributed by atoms with E-state index in [9.17, 15) is 13.2 Å². The third-order valence-electron chi connectivity index (χ3n) is 4.68. The van der Waals surface area contributed by atoms with Crippen LogP contribution in [0.2, 0.25) is 0 Å². The van der Waals surface area contributed by atoms with Crippen LogP contribution in [0.25, 0.3) is 0 Å². The number of sulfonamides is 1. The van der Waals surface area contributed by atoms with Crippen molar-refractivity contribution in [1.82, 2.24) is 10.0 Å². The van der Waals surface area contributed by atoms with Gasteiger partial charge in [-0.15, -0.1) is 0 Å². The average molecular weight is 372 g/mol. The van der Waals surface area contributed by atoms with Crippen LogP contribution in [0.4, 0.5) is 0 Å². The van der Waals surface area contributed by atoms with E-state index < -0.39 is 10.0 Å². The highest BCUT2D eigenvalue weighted by atomic mass is 32.2. The molecule has 1 saturated carbocycles. The summed E-state index contributed by atoms with van der Waals surface area (Å²) >= 11 is 0. The summed E-state index contributed by atoms with van der Waals surface area (Å²) in [4.78, 5) is 12.9. The van der Waals surface area contributed by atoms with E-state index in [1.54, 1.807) is 26.0 Å². The second-order valence-corrected chi connectivity index (χ2v) is 8.77. The second kappa shape index (κ2) is 7.21. The van der Waals surface area contributed by atoms with E-state index in [1.165, 1.54) is 12.1 Å². The van der Waals surface area contributed by atoms with E-state index in [2.05, 4.69) is 10.0 Å². The van der Waals surface area contributed by atoms with E-state index in [1.807, 2.05) is 30.3 Å². The van der Waals surface area contributed by atoms with Crippen molar-refractivity contribution < 1.29 is 13.2 Å². The zero-order valence-corrected chi connectivity index (χ0v) is 15.8. The van der Waals surface area contributed by atoms with E-state index in [-0.39, 0.29) is 22.4 Å². The normalized spacial score (nSPS) is 16.1. The first-order valence-electron chi connectivity index (χ1n) is 8.83. The highest BCUT2D eigenvalue weighted by Gasteiger charge is 2.40. The van der Waals surface area contributed by atoms with Crippen molar-refractivity contribution in [3.05, 3.63) is 65.7 Å². The van der Waals surface area contributed by atoms with Crippen LogP contribution < -0.4 is 10.0 Å². The lowest BCUT2D eigenvalue weighted by Crippen LogP contribution is -2.50. The Morgan fingerprint density at radius 2 is 1.73 bits per heavy atom. The first kappa shape index (κ1) is 18.6. The maximum atomic E-state index is 12.8. The molecule has 1 fully saturated rings. The van der Waals surface area contributed by atoms with E-state index >= 15 is 0 Å². The minimum absolute atomic E-state index is 0.0984. The minimum atomic E-state index is -3.63. The Labute approximate surface area is 154 Å². The number of carbonyl (C=O) groups is 1. The molecule has 1 aliphatic rings. The summed E-state index contributed by atoms with van der Waals surface area (Å²) in [6.07, 6.45) is 2.83. The number of hydrogen-bond acceptors (Lipinski definition) is 3. The molecular formula is C20H24N2O3S. The van der Waals surface area contributed by atoms with Crippen LogP contribution in [-0.4, -0.2) is 20.4 Å². The molecule has 0 radical (unpaired) electrons. The highest BCUT2D eigenvalue weighted by molar-refractivity contribution is 7.89. The van der Waals surface area contributed by atoms with Crippen molar-refractivity contribution in [3.63, 3.8) is 0 Å². The predicted molar refractivity (Wildman–Crippen MR) is 101 cm³/mol. The van der Waals surface area contributed by atoms with Crippen molar-refractivity contribution in [3.8, 4) is 0 Å². The first-order chi connectivity index (χ1) is 12.3. The quantitative estimate of drug-likeness (QED) is 0.818. The fourth-order valence-electron chi connectivity index (χ4n) is 3.25. The van der Waals surface area contributed by atoms with Gasteiger partial charge in [0, 0.05) is 11.6 Å². The SMILES string of the molecule is CC(C)NS(=O)(=O)c1cccc(C(=O)NC2(c3ccccc3)CCC2)c1. The van der Waals surface area contributed by atoms with Gasteiger partial charge in [0.05, 0.1) is 10.4 Å². The van der Waals surface area contributed by atoms with Gasteiger partial charge in [-0.1, -0.05) is 36.4 Å². The summed E-state index contributed by atoms with van der Waals surface area (Å²) < 4.78 is 27.2. The molecule has 3 rings (SSSR count). The number of carbonyl (C=O) groups excluding carboxylic acids is 1. The van der Waals surface area contributed by atoms with Crippen LogP contribution in [0.3, 0.4) is 0 Å². The van der Waals surface area contributed by atoms with Crippen LogP contribution in [0.5, 0.6) is 0 Å². The zero-order valence-electron chi connectivity index (χ0n) is 15.0. The van der Waals surface area contributed by atoms with Crippen molar-refractivity contribution >= 4 is 15.9 Å². The van der Waals surface area contributed by atoms with E-state index in [0.717, 1.165) is 24.8 Å². The summed E-state index contributed by atoms with van der Waals surface area (Å²) in [7, 11) is -3.63. The van der Waals surface area contributed by atoms with Crippen LogP contribution in [-0.2, 0) is 15.6 Å². The Morgan fingerprint density at radius 1 is 1.04 bits per heavy atom. The molecule has 0 spiro atoms. The van der Waals surface area contributed by atoms with Crippen molar-refractivity contribution in [2.24, 2.45) is 0 Å². The summed E-state index contributed by atoms with van der Waals surface area (Å²) in [5.74, 6) is -0.254. The third-order valence-corrected chi connectivity index (χ3v) is 6.34. The third kappa shape index (κ3) is 3.81. The van der Waals surface area contributed by atoms with E-state index in [4.69, 9.17) is 0 Å². The summed E-state index contributed by atoms with van der Waals surface area (Å²) in [5, 5.41) is 3.13. The van der Waals surface area contributed by atoms with Crippen LogP contribution in [0.15, 0.2) is 59.5 Å². The topological polar surface area (TPSA) is 75.3 Å². The van der Waals surface area contributed by atoms with Crippen LogP contribution in [0.1, 0.15) is 49.0 Å². The second-order valence-electron chi connectivity index (χ2n) is 7.06. The van der Waals surface area contributed by atoms with Gasteiger partial charge in [-0.3, -0.25) is 4.79 Å². The lowest BCUT2D eigenvalue weighted by molar-refractivity contribution is 0.0823. The molecule has 1 amide bonds. The molecule has 0 atom stereocenters. The van der Waals surface area contributed by atoms with E-state index in [0.29, 0.717) is 5.56 Å². The molecule has 6 heteroatoms. The molecule has 1 aliphatic carbocycles. The molecule has 0 aliphatic heterocycles. The molecule has 0 heterocycles. The molecule has 2 aromatic carbocycles. The smallest absolute Gasteiger partial charge is 0.252 e. The molecule has 5 nitrogen and oxygen atoms in total. The Kier molecular flexibility index (Phi) is 5.16. The fraction of sp³-hybridized carbons (Fsp3) is 0.350. The molecule has 0 unspecified atom stereocenters. The molecule has 26 heavy (non-hydrogen) atoms. The Hall–Kier alpha value is -2.18. The number of rotatable bonds is 6. The van der Waals surface area contributed by atoms with Gasteiger partial charge >= 0.3 is 0 Å². The fourth-order valence-corrected chi connectivity index (χ4v) is 4.54. The van der Waals surface area contributed by atoms with Gasteiger partial charge in [0.15, 0.2) is 0 Å². The zero-order chi connectivity index (χ0) is 18.8. The Morgan fingerprint density at radius 3 is 2.31 bits per heavy atom. The van der Waals surface area contributed by atoms with Crippen LogP contribution >= 0.6 is 0 Å².